The number of nitrogens with one attached hydrogen (secondary N) is 1. The van der Waals surface area contributed by atoms with E-state index in [1.54, 1.807) is 12.1 Å². The van der Waals surface area contributed by atoms with Gasteiger partial charge in [0.2, 0.25) is 0 Å². The van der Waals surface area contributed by atoms with E-state index < -0.39 is 0 Å². The molecule has 0 radical (unpaired) electrons. The molecule has 0 aromatic heterocycles. The zero-order valence-corrected chi connectivity index (χ0v) is 10.7. The van der Waals surface area contributed by atoms with Gasteiger partial charge in [0.05, 0.1) is 0 Å². The summed E-state index contributed by atoms with van der Waals surface area (Å²) >= 11 is 0. The molecule has 0 aliphatic rings. The van der Waals surface area contributed by atoms with E-state index in [-0.39, 0.29) is 5.82 Å². The number of halogens is 1. The summed E-state index contributed by atoms with van der Waals surface area (Å²) in [7, 11) is 3.89. The van der Waals surface area contributed by atoms with E-state index in [1.807, 2.05) is 38.4 Å². The standard InChI is InChI=1S/C15H17FN2/c1-17-14-7-4-8-15(10-14)18(2)11-12-5-3-6-13(16)9-12/h3-10,17H,11H2,1-2H3. The van der Waals surface area contributed by atoms with Gasteiger partial charge in [0.25, 0.3) is 0 Å². The highest BCUT2D eigenvalue weighted by atomic mass is 19.1. The maximum Gasteiger partial charge on any atom is 0.123 e. The molecule has 0 saturated heterocycles. The fourth-order valence-electron chi connectivity index (χ4n) is 1.90. The minimum absolute atomic E-state index is 0.190. The van der Waals surface area contributed by atoms with Gasteiger partial charge >= 0.3 is 0 Å². The smallest absolute Gasteiger partial charge is 0.123 e. The summed E-state index contributed by atoms with van der Waals surface area (Å²) in [5.74, 6) is -0.190. The lowest BCUT2D eigenvalue weighted by Gasteiger charge is -2.20. The third-order valence-corrected chi connectivity index (χ3v) is 2.88. The van der Waals surface area contributed by atoms with Gasteiger partial charge < -0.3 is 10.2 Å². The molecule has 0 fully saturated rings. The number of benzene rings is 2. The van der Waals surface area contributed by atoms with Gasteiger partial charge in [-0.05, 0) is 35.9 Å². The number of hydrogen-bond donors (Lipinski definition) is 1. The van der Waals surface area contributed by atoms with Gasteiger partial charge in [-0.15, -0.1) is 0 Å². The average molecular weight is 244 g/mol. The van der Waals surface area contributed by atoms with E-state index in [9.17, 15) is 4.39 Å². The molecule has 3 heteroatoms. The van der Waals surface area contributed by atoms with E-state index in [0.29, 0.717) is 6.54 Å². The van der Waals surface area contributed by atoms with Crippen molar-refractivity contribution in [3.63, 3.8) is 0 Å². The number of anilines is 2. The van der Waals surface area contributed by atoms with Crippen LogP contribution in [0.1, 0.15) is 5.56 Å². The predicted molar refractivity (Wildman–Crippen MR) is 74.5 cm³/mol. The van der Waals surface area contributed by atoms with Crippen LogP contribution < -0.4 is 10.2 Å². The quantitative estimate of drug-likeness (QED) is 0.885. The minimum atomic E-state index is -0.190. The van der Waals surface area contributed by atoms with E-state index in [1.165, 1.54) is 6.07 Å². The maximum absolute atomic E-state index is 13.1. The van der Waals surface area contributed by atoms with Crippen LogP contribution in [0.15, 0.2) is 48.5 Å². The van der Waals surface area contributed by atoms with Gasteiger partial charge in [-0.25, -0.2) is 4.39 Å². The molecule has 2 aromatic carbocycles. The second-order valence-electron chi connectivity index (χ2n) is 4.29. The predicted octanol–water partition coefficient (Wildman–Crippen LogP) is 3.50. The SMILES string of the molecule is CNc1cccc(N(C)Cc2cccc(F)c2)c1. The van der Waals surface area contributed by atoms with Gasteiger partial charge in [0.1, 0.15) is 5.82 Å². The van der Waals surface area contributed by atoms with Gasteiger partial charge in [-0.1, -0.05) is 18.2 Å². The Labute approximate surface area is 107 Å². The molecule has 94 valence electrons. The summed E-state index contributed by atoms with van der Waals surface area (Å²) < 4.78 is 13.1. The highest BCUT2D eigenvalue weighted by Gasteiger charge is 2.03. The van der Waals surface area contributed by atoms with Crippen LogP contribution in [0.4, 0.5) is 15.8 Å². The van der Waals surface area contributed by atoms with Crippen molar-refractivity contribution in [1.29, 1.82) is 0 Å². The largest absolute Gasteiger partial charge is 0.388 e. The lowest BCUT2D eigenvalue weighted by Crippen LogP contribution is -2.16. The van der Waals surface area contributed by atoms with Crippen LogP contribution in [0.25, 0.3) is 0 Å². The van der Waals surface area contributed by atoms with Crippen LogP contribution in [-0.2, 0) is 6.54 Å². The fourth-order valence-corrected chi connectivity index (χ4v) is 1.90. The molecule has 0 saturated carbocycles. The third-order valence-electron chi connectivity index (χ3n) is 2.88. The van der Waals surface area contributed by atoms with Gasteiger partial charge in [-0.3, -0.25) is 0 Å². The van der Waals surface area contributed by atoms with Crippen LogP contribution in [0.2, 0.25) is 0 Å². The first-order valence-corrected chi connectivity index (χ1v) is 5.92. The van der Waals surface area contributed by atoms with Crippen molar-refractivity contribution in [3.8, 4) is 0 Å². The highest BCUT2D eigenvalue weighted by molar-refractivity contribution is 5.57. The van der Waals surface area contributed by atoms with Crippen molar-refractivity contribution in [2.45, 2.75) is 6.54 Å². The van der Waals surface area contributed by atoms with E-state index in [0.717, 1.165) is 16.9 Å². The summed E-state index contributed by atoms with van der Waals surface area (Å²) in [6.07, 6.45) is 0. The molecule has 0 atom stereocenters. The van der Waals surface area contributed by atoms with E-state index >= 15 is 0 Å². The van der Waals surface area contributed by atoms with Crippen LogP contribution in [-0.4, -0.2) is 14.1 Å². The lowest BCUT2D eigenvalue weighted by molar-refractivity contribution is 0.625. The first-order valence-electron chi connectivity index (χ1n) is 5.92. The molecule has 0 heterocycles. The van der Waals surface area contributed by atoms with E-state index in [4.69, 9.17) is 0 Å². The maximum atomic E-state index is 13.1. The molecule has 1 N–H and O–H groups in total. The highest BCUT2D eigenvalue weighted by Crippen LogP contribution is 2.19. The number of hydrogen-bond acceptors (Lipinski definition) is 2. The van der Waals surface area contributed by atoms with Crippen molar-refractivity contribution >= 4 is 11.4 Å². The number of rotatable bonds is 4. The average Bonchev–Trinajstić information content (AvgIpc) is 2.39. The number of nitrogens with zero attached hydrogens (tertiary/aromatic N) is 1. The second kappa shape index (κ2) is 5.54. The summed E-state index contributed by atoms with van der Waals surface area (Å²) in [6.45, 7) is 0.685. The molecule has 0 unspecified atom stereocenters. The Morgan fingerprint density at radius 2 is 1.89 bits per heavy atom. The van der Waals surface area contributed by atoms with Crippen molar-refractivity contribution in [3.05, 3.63) is 59.9 Å². The molecule has 18 heavy (non-hydrogen) atoms. The Morgan fingerprint density at radius 1 is 1.11 bits per heavy atom. The Kier molecular flexibility index (Phi) is 3.82. The molecule has 0 spiro atoms. The first kappa shape index (κ1) is 12.4. The molecule has 0 aliphatic carbocycles. The third kappa shape index (κ3) is 3.00. The molecule has 0 amide bonds. The molecule has 2 aromatic rings. The second-order valence-corrected chi connectivity index (χ2v) is 4.29. The Balaban J connectivity index is 2.13. The summed E-state index contributed by atoms with van der Waals surface area (Å²) in [6, 6.07) is 14.8. The van der Waals surface area contributed by atoms with Crippen molar-refractivity contribution in [1.82, 2.24) is 0 Å². The van der Waals surface area contributed by atoms with Crippen molar-refractivity contribution in [2.24, 2.45) is 0 Å². The summed E-state index contributed by atoms with van der Waals surface area (Å²) in [5.41, 5.74) is 3.14. The molecule has 2 rings (SSSR count). The topological polar surface area (TPSA) is 15.3 Å². The van der Waals surface area contributed by atoms with Crippen LogP contribution in [0.3, 0.4) is 0 Å². The first-order chi connectivity index (χ1) is 8.69. The Morgan fingerprint density at radius 3 is 2.61 bits per heavy atom. The zero-order valence-electron chi connectivity index (χ0n) is 10.7. The van der Waals surface area contributed by atoms with Crippen molar-refractivity contribution < 1.29 is 4.39 Å². The van der Waals surface area contributed by atoms with Gasteiger partial charge in [0, 0.05) is 32.0 Å². The Bertz CT molecular complexity index is 525. The monoisotopic (exact) mass is 244 g/mol. The van der Waals surface area contributed by atoms with Gasteiger partial charge in [0.15, 0.2) is 0 Å². The molecule has 0 aliphatic heterocycles. The summed E-state index contributed by atoms with van der Waals surface area (Å²) in [5, 5.41) is 3.11. The van der Waals surface area contributed by atoms with Crippen molar-refractivity contribution in [2.75, 3.05) is 24.3 Å². The van der Waals surface area contributed by atoms with Crippen LogP contribution in [0.5, 0.6) is 0 Å². The van der Waals surface area contributed by atoms with Crippen LogP contribution in [0, 0.1) is 5.82 Å². The van der Waals surface area contributed by atoms with E-state index in [2.05, 4.69) is 16.3 Å². The lowest BCUT2D eigenvalue weighted by atomic mass is 10.2. The molecular weight excluding hydrogens is 227 g/mol. The summed E-state index contributed by atoms with van der Waals surface area (Å²) in [4.78, 5) is 2.09. The molecule has 2 nitrogen and oxygen atoms in total. The normalized spacial score (nSPS) is 10.2. The van der Waals surface area contributed by atoms with Gasteiger partial charge in [-0.2, -0.15) is 0 Å². The minimum Gasteiger partial charge on any atom is -0.388 e. The molecule has 0 bridgehead atoms. The zero-order chi connectivity index (χ0) is 13.0. The van der Waals surface area contributed by atoms with Crippen LogP contribution >= 0.6 is 0 Å². The molecular formula is C15H17FN2. The fraction of sp³-hybridized carbons (Fsp3) is 0.200. The Hall–Kier alpha value is -2.03.